The summed E-state index contributed by atoms with van der Waals surface area (Å²) in [5.41, 5.74) is 25.0. The topological polar surface area (TPSA) is 13.1 Å². The van der Waals surface area contributed by atoms with Crippen LogP contribution < -0.4 is 4.90 Å². The molecule has 0 saturated heterocycles. The van der Waals surface area contributed by atoms with Gasteiger partial charge in [0, 0.05) is 66.9 Å². The molecule has 3 heteroatoms. The van der Waals surface area contributed by atoms with E-state index in [-0.39, 0.29) is 5.41 Å². The van der Waals surface area contributed by atoms with Gasteiger partial charge in [-0.05, 0) is 173 Å². The molecule has 72 heavy (non-hydrogen) atoms. The minimum absolute atomic E-state index is 0.0356. The maximum atomic E-state index is 2.56. The van der Waals surface area contributed by atoms with Gasteiger partial charge in [0.25, 0.3) is 0 Å². The summed E-state index contributed by atoms with van der Waals surface area (Å²) in [6.07, 6.45) is 13.6. The number of hydrogen-bond donors (Lipinski definition) is 0. The van der Waals surface area contributed by atoms with E-state index in [2.05, 4.69) is 265 Å². The van der Waals surface area contributed by atoms with E-state index in [1.54, 1.807) is 0 Å². The van der Waals surface area contributed by atoms with Gasteiger partial charge in [-0.25, -0.2) is 0 Å². The summed E-state index contributed by atoms with van der Waals surface area (Å²) in [5.74, 6) is 0. The largest absolute Gasteiger partial charge is 0.313 e. The van der Waals surface area contributed by atoms with Gasteiger partial charge in [-0.3, -0.25) is 0 Å². The highest BCUT2D eigenvalue weighted by Gasteiger charge is 2.35. The summed E-state index contributed by atoms with van der Waals surface area (Å²) in [4.78, 5) is 2.44. The molecule has 3 nitrogen and oxygen atoms in total. The van der Waals surface area contributed by atoms with Gasteiger partial charge in [-0.2, -0.15) is 0 Å². The fraction of sp³-hybridized carbons (Fsp3) is 0.101. The van der Waals surface area contributed by atoms with Crippen molar-refractivity contribution in [2.45, 2.75) is 44.9 Å². The molecular weight excluding hydrogens is 871 g/mol. The second-order valence-corrected chi connectivity index (χ2v) is 20.3. The Labute approximate surface area is 421 Å². The minimum atomic E-state index is -0.0356. The van der Waals surface area contributed by atoms with Crippen molar-refractivity contribution >= 4 is 55.7 Å². The first kappa shape index (κ1) is 42.2. The van der Waals surface area contributed by atoms with Crippen molar-refractivity contribution < 1.29 is 0 Å². The third-order valence-corrected chi connectivity index (χ3v) is 15.8. The van der Waals surface area contributed by atoms with Gasteiger partial charge in [0.2, 0.25) is 0 Å². The summed E-state index contributed by atoms with van der Waals surface area (Å²) < 4.78 is 4.96. The molecule has 0 radical (unpaired) electrons. The first-order valence-corrected chi connectivity index (χ1v) is 25.6. The highest BCUT2D eigenvalue weighted by Crippen LogP contribution is 2.50. The third kappa shape index (κ3) is 6.72. The zero-order valence-electron chi connectivity index (χ0n) is 40.7. The van der Waals surface area contributed by atoms with Gasteiger partial charge in [-0.1, -0.05) is 153 Å². The summed E-state index contributed by atoms with van der Waals surface area (Å²) in [6.45, 7) is 4.73. The Bertz CT molecular complexity index is 4010. The molecule has 3 aliphatic carbocycles. The standard InChI is InChI=1S/C69H53N3/c1-69(2)62-30-16-12-27-56(62)59-45-54(36-37-63(59)69)72-66-33-19-15-29-58(66)61-44-47(35-39-68(61)72)49-40-48(46-34-38-67-60(43-46)57-28-14-18-32-65(57)71(67)53-24-10-5-11-25-53)41-50(42-49)55-26-13-17-31-64(55)70(51-20-6-3-7-21-51)52-22-8-4-9-23-52/h3-12,14-16,18,20-32,34-45H,13,17,19,33H2,1-2H3. The SMILES string of the molecule is CC1(C)c2ccccc2-c2cc(-n3c4c(c5cc(-c6cc(C7=CCCC=C7N(c7ccccc7)c7ccccc7)cc(-c7ccc8c(c7)c7ccccc7n8-c7ccccc7)c6)ccc53)C=CCC4)ccc21. The zero-order chi connectivity index (χ0) is 47.9. The van der Waals surface area contributed by atoms with Gasteiger partial charge < -0.3 is 14.0 Å². The lowest BCUT2D eigenvalue weighted by Gasteiger charge is -2.31. The lowest BCUT2D eigenvalue weighted by Crippen LogP contribution is -2.19. The number of hydrogen-bond acceptors (Lipinski definition) is 1. The second kappa shape index (κ2) is 16.7. The molecule has 0 aliphatic heterocycles. The van der Waals surface area contributed by atoms with Crippen molar-refractivity contribution in [3.8, 4) is 44.8 Å². The second-order valence-electron chi connectivity index (χ2n) is 20.3. The van der Waals surface area contributed by atoms with Crippen molar-refractivity contribution in [2.24, 2.45) is 0 Å². The highest BCUT2D eigenvalue weighted by molar-refractivity contribution is 6.11. The van der Waals surface area contributed by atoms with Crippen LogP contribution in [0, 0.1) is 0 Å². The maximum absolute atomic E-state index is 2.56. The van der Waals surface area contributed by atoms with Crippen LogP contribution in [0.15, 0.2) is 236 Å². The molecule has 14 rings (SSSR count). The van der Waals surface area contributed by atoms with Gasteiger partial charge in [0.05, 0.1) is 16.6 Å². The molecule has 0 spiro atoms. The van der Waals surface area contributed by atoms with Gasteiger partial charge in [0.1, 0.15) is 0 Å². The quantitative estimate of drug-likeness (QED) is 0.148. The number of fused-ring (bicyclic) bond motifs is 9. The Morgan fingerprint density at radius 1 is 0.417 bits per heavy atom. The first-order chi connectivity index (χ1) is 35.5. The number of rotatable bonds is 8. The Morgan fingerprint density at radius 2 is 1.01 bits per heavy atom. The average molecular weight is 924 g/mol. The van der Waals surface area contributed by atoms with E-state index < -0.39 is 0 Å². The van der Waals surface area contributed by atoms with Crippen LogP contribution in [0.25, 0.3) is 89.1 Å². The van der Waals surface area contributed by atoms with E-state index in [1.807, 2.05) is 0 Å². The molecule has 0 atom stereocenters. The van der Waals surface area contributed by atoms with Gasteiger partial charge in [-0.15, -0.1) is 0 Å². The van der Waals surface area contributed by atoms with Crippen LogP contribution >= 0.6 is 0 Å². The van der Waals surface area contributed by atoms with E-state index in [0.717, 1.165) is 42.7 Å². The number of para-hydroxylation sites is 4. The predicted molar refractivity (Wildman–Crippen MR) is 304 cm³/mol. The van der Waals surface area contributed by atoms with Crippen LogP contribution in [-0.2, 0) is 11.8 Å². The van der Waals surface area contributed by atoms with Crippen molar-refractivity contribution in [1.82, 2.24) is 9.13 Å². The molecule has 0 N–H and O–H groups in total. The fourth-order valence-corrected chi connectivity index (χ4v) is 12.4. The summed E-state index contributed by atoms with van der Waals surface area (Å²) in [7, 11) is 0. The molecule has 0 unspecified atom stereocenters. The van der Waals surface area contributed by atoms with Crippen LogP contribution in [0.1, 0.15) is 61.1 Å². The normalized spacial score (nSPS) is 14.5. The third-order valence-electron chi connectivity index (χ3n) is 15.8. The summed E-state index contributed by atoms with van der Waals surface area (Å²) in [6, 6.07) is 79.1. The summed E-state index contributed by atoms with van der Waals surface area (Å²) >= 11 is 0. The number of anilines is 2. The molecular formula is C69H53N3. The monoisotopic (exact) mass is 923 g/mol. The number of aromatic nitrogens is 2. The number of benzene rings is 9. The fourth-order valence-electron chi connectivity index (χ4n) is 12.4. The van der Waals surface area contributed by atoms with Crippen LogP contribution in [0.5, 0.6) is 0 Å². The number of allylic oxidation sites excluding steroid dienone is 4. The van der Waals surface area contributed by atoms with E-state index in [1.165, 1.54) is 111 Å². The van der Waals surface area contributed by atoms with E-state index in [9.17, 15) is 0 Å². The van der Waals surface area contributed by atoms with Crippen LogP contribution in [0.2, 0.25) is 0 Å². The molecule has 0 saturated carbocycles. The molecule has 2 heterocycles. The lowest BCUT2D eigenvalue weighted by molar-refractivity contribution is 0.660. The van der Waals surface area contributed by atoms with E-state index >= 15 is 0 Å². The first-order valence-electron chi connectivity index (χ1n) is 25.6. The summed E-state index contributed by atoms with van der Waals surface area (Å²) in [5, 5.41) is 3.79. The molecule has 9 aromatic carbocycles. The van der Waals surface area contributed by atoms with Crippen LogP contribution in [0.3, 0.4) is 0 Å². The Hall–Kier alpha value is -8.66. The van der Waals surface area contributed by atoms with Crippen LogP contribution in [-0.4, -0.2) is 9.13 Å². The predicted octanol–water partition coefficient (Wildman–Crippen LogP) is 18.2. The highest BCUT2D eigenvalue weighted by atomic mass is 15.2. The molecule has 2 aromatic heterocycles. The van der Waals surface area contributed by atoms with Gasteiger partial charge in [0.15, 0.2) is 0 Å². The minimum Gasteiger partial charge on any atom is -0.313 e. The Morgan fingerprint density at radius 3 is 1.76 bits per heavy atom. The zero-order valence-corrected chi connectivity index (χ0v) is 40.7. The lowest BCUT2D eigenvalue weighted by atomic mass is 9.82. The van der Waals surface area contributed by atoms with Crippen LogP contribution in [0.4, 0.5) is 11.4 Å². The maximum Gasteiger partial charge on any atom is 0.0541 e. The van der Waals surface area contributed by atoms with Crippen molar-refractivity contribution in [2.75, 3.05) is 4.90 Å². The average Bonchev–Trinajstić information content (AvgIpc) is 4.04. The Balaban J connectivity index is 0.960. The van der Waals surface area contributed by atoms with Crippen molar-refractivity contribution in [3.63, 3.8) is 0 Å². The smallest absolute Gasteiger partial charge is 0.0541 e. The molecule has 11 aromatic rings. The number of nitrogens with zero attached hydrogens (tertiary/aromatic N) is 3. The van der Waals surface area contributed by atoms with Gasteiger partial charge >= 0.3 is 0 Å². The Kier molecular flexibility index (Phi) is 9.83. The van der Waals surface area contributed by atoms with Crippen molar-refractivity contribution in [3.05, 3.63) is 264 Å². The molecule has 344 valence electrons. The molecule has 3 aliphatic rings. The molecule has 0 amide bonds. The van der Waals surface area contributed by atoms with Crippen molar-refractivity contribution in [1.29, 1.82) is 0 Å². The van der Waals surface area contributed by atoms with E-state index in [0.29, 0.717) is 0 Å². The van der Waals surface area contributed by atoms with E-state index in [4.69, 9.17) is 0 Å². The molecule has 0 bridgehead atoms. The molecule has 0 fully saturated rings.